The minimum atomic E-state index is 0.441. The van der Waals surface area contributed by atoms with Crippen molar-refractivity contribution in [3.63, 3.8) is 0 Å². The van der Waals surface area contributed by atoms with Gasteiger partial charge < -0.3 is 24.8 Å². The molecule has 0 amide bonds. The Labute approximate surface area is 228 Å². The van der Waals surface area contributed by atoms with Crippen LogP contribution in [-0.2, 0) is 4.74 Å². The van der Waals surface area contributed by atoms with Crippen molar-refractivity contribution in [2.75, 3.05) is 69.7 Å². The molecule has 2 N–H and O–H groups in total. The van der Waals surface area contributed by atoms with Gasteiger partial charge in [-0.3, -0.25) is 4.90 Å². The first-order valence-electron chi connectivity index (χ1n) is 13.6. The smallest absolute Gasteiger partial charge is 0.159 e. The van der Waals surface area contributed by atoms with Gasteiger partial charge in [-0.05, 0) is 73.3 Å². The van der Waals surface area contributed by atoms with Gasteiger partial charge in [0.1, 0.15) is 11.3 Å². The average Bonchev–Trinajstić information content (AvgIpc) is 3.36. The monoisotopic (exact) mass is 569 g/mol. The molecule has 0 aliphatic carbocycles. The SMILES string of the molecule is COCCCN1CCN(c2ccc(-c3nc4c(NC5CCN(C(C)C)CC5)c(Br)cnc4[nH]3)cc2)CC1. The normalized spacial score (nSPS) is 18.2. The summed E-state index contributed by atoms with van der Waals surface area (Å²) in [4.78, 5) is 20.6. The van der Waals surface area contributed by atoms with Crippen LogP contribution in [0.1, 0.15) is 33.1 Å². The summed E-state index contributed by atoms with van der Waals surface area (Å²) in [6.45, 7) is 13.1. The van der Waals surface area contributed by atoms with Crippen LogP contribution in [0.25, 0.3) is 22.6 Å². The van der Waals surface area contributed by atoms with E-state index in [1.165, 1.54) is 5.69 Å². The number of benzene rings is 1. The lowest BCUT2D eigenvalue weighted by molar-refractivity contribution is 0.169. The van der Waals surface area contributed by atoms with Gasteiger partial charge in [0.2, 0.25) is 0 Å². The number of imidazole rings is 1. The van der Waals surface area contributed by atoms with Crippen molar-refractivity contribution in [1.82, 2.24) is 24.8 Å². The summed E-state index contributed by atoms with van der Waals surface area (Å²) in [6.07, 6.45) is 5.24. The molecule has 0 bridgehead atoms. The Morgan fingerprint density at radius 3 is 2.49 bits per heavy atom. The number of pyridine rings is 1. The minimum absolute atomic E-state index is 0.441. The van der Waals surface area contributed by atoms with Crippen molar-refractivity contribution in [1.29, 1.82) is 0 Å². The molecule has 9 heteroatoms. The van der Waals surface area contributed by atoms with Crippen molar-refractivity contribution >= 4 is 38.5 Å². The van der Waals surface area contributed by atoms with Crippen LogP contribution in [0.15, 0.2) is 34.9 Å². The third kappa shape index (κ3) is 6.28. The predicted molar refractivity (Wildman–Crippen MR) is 156 cm³/mol. The molecule has 2 fully saturated rings. The van der Waals surface area contributed by atoms with E-state index in [0.717, 1.165) is 104 Å². The van der Waals surface area contributed by atoms with E-state index in [9.17, 15) is 0 Å². The first-order chi connectivity index (χ1) is 18.0. The van der Waals surface area contributed by atoms with Crippen LogP contribution >= 0.6 is 15.9 Å². The number of likely N-dealkylation sites (tertiary alicyclic amines) is 1. The van der Waals surface area contributed by atoms with Crippen molar-refractivity contribution in [2.45, 2.75) is 45.2 Å². The van der Waals surface area contributed by atoms with Crippen molar-refractivity contribution in [3.8, 4) is 11.4 Å². The molecule has 5 rings (SSSR count). The summed E-state index contributed by atoms with van der Waals surface area (Å²) < 4.78 is 6.15. The van der Waals surface area contributed by atoms with E-state index >= 15 is 0 Å². The largest absolute Gasteiger partial charge is 0.385 e. The number of nitrogens with zero attached hydrogens (tertiary/aromatic N) is 5. The molecule has 0 saturated carbocycles. The Morgan fingerprint density at radius 2 is 1.81 bits per heavy atom. The Bertz CT molecular complexity index is 1150. The number of fused-ring (bicyclic) bond motifs is 1. The Hall–Kier alpha value is -2.20. The van der Waals surface area contributed by atoms with Crippen molar-refractivity contribution < 1.29 is 4.74 Å². The summed E-state index contributed by atoms with van der Waals surface area (Å²) in [5.74, 6) is 0.854. The maximum atomic E-state index is 5.19. The quantitative estimate of drug-likeness (QED) is 0.357. The number of piperidine rings is 1. The van der Waals surface area contributed by atoms with Crippen LogP contribution in [0, 0.1) is 0 Å². The topological polar surface area (TPSA) is 72.6 Å². The highest BCUT2D eigenvalue weighted by Crippen LogP contribution is 2.33. The number of halogens is 1. The second-order valence-electron chi connectivity index (χ2n) is 10.5. The van der Waals surface area contributed by atoms with Gasteiger partial charge in [0.15, 0.2) is 5.65 Å². The first-order valence-corrected chi connectivity index (χ1v) is 14.4. The van der Waals surface area contributed by atoms with Gasteiger partial charge in [-0.15, -0.1) is 0 Å². The van der Waals surface area contributed by atoms with Crippen LogP contribution < -0.4 is 10.2 Å². The van der Waals surface area contributed by atoms with Gasteiger partial charge in [0.25, 0.3) is 0 Å². The molecule has 200 valence electrons. The fourth-order valence-electron chi connectivity index (χ4n) is 5.46. The van der Waals surface area contributed by atoms with Crippen LogP contribution in [-0.4, -0.2) is 96.4 Å². The van der Waals surface area contributed by atoms with E-state index < -0.39 is 0 Å². The molecule has 1 aromatic carbocycles. The molecule has 2 aliphatic heterocycles. The number of H-pyrrole nitrogens is 1. The highest BCUT2D eigenvalue weighted by Gasteiger charge is 2.23. The van der Waals surface area contributed by atoms with Crippen LogP contribution in [0.2, 0.25) is 0 Å². The van der Waals surface area contributed by atoms with Crippen molar-refractivity contribution in [2.24, 2.45) is 0 Å². The Balaban J connectivity index is 1.25. The van der Waals surface area contributed by atoms with Gasteiger partial charge in [-0.1, -0.05) is 0 Å². The number of anilines is 2. The standard InChI is InChI=1S/C28H40BrN7O/c1-20(2)35-12-9-22(10-13-35)31-25-24(29)19-30-28-26(25)32-27(33-28)21-5-7-23(8-6-21)36-16-14-34(15-17-36)11-4-18-37-3/h5-8,19-20,22H,4,9-18H2,1-3H3,(H2,30,31,32,33). The van der Waals surface area contributed by atoms with E-state index in [4.69, 9.17) is 9.72 Å². The van der Waals surface area contributed by atoms with Gasteiger partial charge in [-0.2, -0.15) is 0 Å². The molecule has 37 heavy (non-hydrogen) atoms. The number of nitrogens with one attached hydrogen (secondary N) is 2. The molecular weight excluding hydrogens is 530 g/mol. The summed E-state index contributed by atoms with van der Waals surface area (Å²) in [7, 11) is 1.77. The number of hydrogen-bond acceptors (Lipinski definition) is 7. The van der Waals surface area contributed by atoms with E-state index in [-0.39, 0.29) is 0 Å². The average molecular weight is 571 g/mol. The second-order valence-corrected chi connectivity index (χ2v) is 11.4. The number of rotatable bonds is 9. The summed E-state index contributed by atoms with van der Waals surface area (Å²) in [5, 5.41) is 3.77. The Kier molecular flexibility index (Phi) is 8.64. The van der Waals surface area contributed by atoms with Gasteiger partial charge >= 0.3 is 0 Å². The van der Waals surface area contributed by atoms with Gasteiger partial charge in [0.05, 0.1) is 10.2 Å². The molecule has 2 aliphatic rings. The molecule has 0 atom stereocenters. The number of hydrogen-bond donors (Lipinski definition) is 2. The summed E-state index contributed by atoms with van der Waals surface area (Å²) in [5.41, 5.74) is 5.09. The number of methoxy groups -OCH3 is 1. The number of piperazine rings is 1. The lowest BCUT2D eigenvalue weighted by atomic mass is 10.0. The second kappa shape index (κ2) is 12.1. The molecule has 4 heterocycles. The third-order valence-corrected chi connectivity index (χ3v) is 8.38. The minimum Gasteiger partial charge on any atom is -0.385 e. The lowest BCUT2D eigenvalue weighted by Gasteiger charge is -2.36. The van der Waals surface area contributed by atoms with Crippen LogP contribution in [0.3, 0.4) is 0 Å². The van der Waals surface area contributed by atoms with E-state index in [2.05, 4.69) is 84.0 Å². The number of ether oxygens (including phenoxy) is 1. The molecule has 2 saturated heterocycles. The number of aromatic nitrogens is 3. The lowest BCUT2D eigenvalue weighted by Crippen LogP contribution is -2.46. The molecule has 3 aromatic rings. The van der Waals surface area contributed by atoms with Gasteiger partial charge in [-0.25, -0.2) is 9.97 Å². The zero-order valence-electron chi connectivity index (χ0n) is 22.3. The third-order valence-electron chi connectivity index (χ3n) is 7.78. The molecule has 0 radical (unpaired) electrons. The Morgan fingerprint density at radius 1 is 1.08 bits per heavy atom. The molecule has 0 unspecified atom stereocenters. The fraction of sp³-hybridized carbons (Fsp3) is 0.571. The maximum absolute atomic E-state index is 5.19. The molecule has 0 spiro atoms. The van der Waals surface area contributed by atoms with Crippen molar-refractivity contribution in [3.05, 3.63) is 34.9 Å². The highest BCUT2D eigenvalue weighted by atomic mass is 79.9. The maximum Gasteiger partial charge on any atom is 0.159 e. The zero-order chi connectivity index (χ0) is 25.8. The van der Waals surface area contributed by atoms with Crippen LogP contribution in [0.4, 0.5) is 11.4 Å². The van der Waals surface area contributed by atoms with E-state index in [1.807, 2.05) is 6.20 Å². The summed E-state index contributed by atoms with van der Waals surface area (Å²) in [6, 6.07) is 9.82. The summed E-state index contributed by atoms with van der Waals surface area (Å²) >= 11 is 3.72. The zero-order valence-corrected chi connectivity index (χ0v) is 23.9. The fourth-order valence-corrected chi connectivity index (χ4v) is 5.87. The molecule has 8 nitrogen and oxygen atoms in total. The predicted octanol–water partition coefficient (Wildman–Crippen LogP) is 4.83. The first kappa shape index (κ1) is 26.4. The molecule has 2 aromatic heterocycles. The van der Waals surface area contributed by atoms with E-state index in [1.54, 1.807) is 7.11 Å². The highest BCUT2D eigenvalue weighted by molar-refractivity contribution is 9.10. The van der Waals surface area contributed by atoms with Crippen LogP contribution in [0.5, 0.6) is 0 Å². The number of aromatic amines is 1. The molecular formula is C28H40BrN7O. The van der Waals surface area contributed by atoms with E-state index in [0.29, 0.717) is 12.1 Å². The van der Waals surface area contributed by atoms with Gasteiger partial charge in [0, 0.05) is 89.1 Å².